The van der Waals surface area contributed by atoms with Gasteiger partial charge in [-0.2, -0.15) is 0 Å². The molecule has 6 aromatic heterocycles. The highest BCUT2D eigenvalue weighted by Crippen LogP contribution is 2.28. The number of carbonyl (C=O) groups is 8. The number of benzene rings is 2. The number of hydrogen-bond acceptors (Lipinski definition) is 14. The largest absolute Gasteiger partial charge is 0.334 e. The van der Waals surface area contributed by atoms with Crippen molar-refractivity contribution in [1.29, 1.82) is 0 Å². The molecule has 8 aromatic rings. The second-order valence-corrected chi connectivity index (χ2v) is 22.2. The molecule has 0 spiro atoms. The van der Waals surface area contributed by atoms with Crippen molar-refractivity contribution in [2.24, 2.45) is 0 Å². The molecule has 0 radical (unpaired) electrons. The summed E-state index contributed by atoms with van der Waals surface area (Å²) in [5.41, 5.74) is 22.5. The highest BCUT2D eigenvalue weighted by Gasteiger charge is 2.30. The monoisotopic (exact) mass is 1250 g/mol. The zero-order chi connectivity index (χ0) is 67.2. The van der Waals surface area contributed by atoms with E-state index in [1.807, 2.05) is 97.6 Å². The Hall–Kier alpha value is -11.7. The van der Waals surface area contributed by atoms with E-state index in [1.54, 1.807) is 55.4 Å². The molecule has 92 heavy (non-hydrogen) atoms. The van der Waals surface area contributed by atoms with Crippen molar-refractivity contribution in [1.82, 2.24) is 94.6 Å². The summed E-state index contributed by atoms with van der Waals surface area (Å²) < 4.78 is 0. The molecule has 12 N–H and O–H groups in total. The molecule has 480 valence electrons. The fourth-order valence-electron chi connectivity index (χ4n) is 8.14. The number of rotatable bonds is 14. The summed E-state index contributed by atoms with van der Waals surface area (Å²) in [6.45, 7) is 18.7. The number of urea groups is 4. The first-order valence-corrected chi connectivity index (χ1v) is 29.0. The summed E-state index contributed by atoms with van der Waals surface area (Å²) >= 11 is 0. The second kappa shape index (κ2) is 34.7. The summed E-state index contributed by atoms with van der Waals surface area (Å²) in [7, 11) is 0. The van der Waals surface area contributed by atoms with Crippen molar-refractivity contribution in [3.63, 3.8) is 0 Å². The summed E-state index contributed by atoms with van der Waals surface area (Å²) in [5.74, 6) is -1.92. The number of aryl methyl sites for hydroxylation is 2. The smallest absolute Gasteiger partial charge is 0.328 e. The van der Waals surface area contributed by atoms with Gasteiger partial charge in [-0.05, 0) is 174 Å². The van der Waals surface area contributed by atoms with Crippen LogP contribution in [-0.2, 0) is 35.0 Å². The first kappa shape index (κ1) is 71.1. The average molecular weight is 1250 g/mol. The molecular weight excluding hydrogens is 1170 g/mol. The molecule has 6 heterocycles. The molecule has 0 aliphatic rings. The van der Waals surface area contributed by atoms with Crippen LogP contribution in [0, 0.1) is 0 Å². The third-order valence-corrected chi connectivity index (χ3v) is 13.6. The molecule has 12 amide bonds. The zero-order valence-corrected chi connectivity index (χ0v) is 52.8. The molecular formula is C66H78N18O8. The Morgan fingerprint density at radius 3 is 0.641 bits per heavy atom. The maximum Gasteiger partial charge on any atom is 0.334 e. The average Bonchev–Trinajstić information content (AvgIpc) is 1.57. The molecule has 0 atom stereocenters. The topological polar surface area (TPSA) is 358 Å². The van der Waals surface area contributed by atoms with Gasteiger partial charge in [0.15, 0.2) is 0 Å². The van der Waals surface area contributed by atoms with E-state index in [0.717, 1.165) is 35.1 Å². The quantitative estimate of drug-likeness (QED) is 0.0463. The number of nitrogens with zero attached hydrogens (tertiary/aromatic N) is 6. The molecule has 26 nitrogen and oxygen atoms in total. The van der Waals surface area contributed by atoms with Crippen LogP contribution in [0.25, 0.3) is 0 Å². The van der Waals surface area contributed by atoms with Crippen LogP contribution in [0.5, 0.6) is 0 Å². The van der Waals surface area contributed by atoms with Crippen LogP contribution in [0.1, 0.15) is 144 Å². The van der Waals surface area contributed by atoms with Gasteiger partial charge in [0, 0.05) is 96.6 Å². The summed E-state index contributed by atoms with van der Waals surface area (Å²) in [4.78, 5) is 122. The molecule has 8 rings (SSSR count). The Bertz CT molecular complexity index is 3250. The predicted molar refractivity (Wildman–Crippen MR) is 346 cm³/mol. The Kier molecular flexibility index (Phi) is 26.8. The van der Waals surface area contributed by atoms with Crippen LogP contribution in [0.2, 0.25) is 0 Å². The Balaban J connectivity index is 0.000000268. The van der Waals surface area contributed by atoms with Gasteiger partial charge in [0.1, 0.15) is 0 Å². The van der Waals surface area contributed by atoms with Gasteiger partial charge in [0.05, 0.1) is 22.2 Å². The van der Waals surface area contributed by atoms with Gasteiger partial charge in [-0.25, -0.2) is 40.9 Å². The second-order valence-electron chi connectivity index (χ2n) is 22.2. The first-order valence-electron chi connectivity index (χ1n) is 29.0. The van der Waals surface area contributed by atoms with Crippen LogP contribution in [0.15, 0.2) is 196 Å². The number of amides is 12. The standard InChI is InChI=1S/2C26H30N8O4.2C7H9N/c2*1-25(2,29-23(37)33-31-21(35)17-8-12-27-13-9-17)19-6-5-7-20(16-19)26(3,4)30-24(38)34-32-22(36)18-10-14-28-15-11-18;2*1-2-7-3-5-8-6-4-7/h2*5-16H,1-4H3,(H,31,35)(H,32,36)(H2,29,33,37)(H2,30,34,38);2*3-6H,2H2,1H3. The van der Waals surface area contributed by atoms with Gasteiger partial charge < -0.3 is 21.3 Å². The van der Waals surface area contributed by atoms with Crippen LogP contribution < -0.4 is 64.7 Å². The van der Waals surface area contributed by atoms with Crippen LogP contribution in [-0.4, -0.2) is 77.7 Å². The lowest BCUT2D eigenvalue weighted by molar-refractivity contribution is 0.0928. The Labute approximate surface area is 534 Å². The maximum absolute atomic E-state index is 12.5. The molecule has 26 heteroatoms. The van der Waals surface area contributed by atoms with E-state index in [1.165, 1.54) is 109 Å². The summed E-state index contributed by atoms with van der Waals surface area (Å²) in [6.07, 6.45) is 21.3. The third-order valence-electron chi connectivity index (χ3n) is 13.6. The minimum absolute atomic E-state index is 0.350. The minimum atomic E-state index is -0.835. The lowest BCUT2D eigenvalue weighted by atomic mass is 9.87. The van der Waals surface area contributed by atoms with Crippen molar-refractivity contribution < 1.29 is 38.4 Å². The lowest BCUT2D eigenvalue weighted by Gasteiger charge is -2.31. The van der Waals surface area contributed by atoms with Crippen molar-refractivity contribution >= 4 is 47.8 Å². The molecule has 0 aliphatic carbocycles. The van der Waals surface area contributed by atoms with Gasteiger partial charge in [-0.3, -0.25) is 70.8 Å². The summed E-state index contributed by atoms with van der Waals surface area (Å²) in [5, 5.41) is 11.3. The molecule has 0 saturated carbocycles. The molecule has 0 saturated heterocycles. The van der Waals surface area contributed by atoms with Gasteiger partial charge in [0.25, 0.3) is 23.6 Å². The maximum atomic E-state index is 12.5. The highest BCUT2D eigenvalue weighted by atomic mass is 16.2. The summed E-state index contributed by atoms with van der Waals surface area (Å²) in [6, 6.07) is 32.5. The van der Waals surface area contributed by atoms with E-state index < -0.39 is 69.9 Å². The Morgan fingerprint density at radius 1 is 0.283 bits per heavy atom. The molecule has 2 aromatic carbocycles. The number of carbonyl (C=O) groups excluding carboxylic acids is 8. The molecule has 0 bridgehead atoms. The van der Waals surface area contributed by atoms with Gasteiger partial charge in [-0.1, -0.05) is 62.4 Å². The van der Waals surface area contributed by atoms with E-state index in [2.05, 4.69) is 108 Å². The van der Waals surface area contributed by atoms with Gasteiger partial charge >= 0.3 is 24.1 Å². The van der Waals surface area contributed by atoms with E-state index in [4.69, 9.17) is 0 Å². The van der Waals surface area contributed by atoms with E-state index in [-0.39, 0.29) is 0 Å². The molecule has 0 aliphatic heterocycles. The van der Waals surface area contributed by atoms with Crippen molar-refractivity contribution in [2.75, 3.05) is 0 Å². The normalized spacial score (nSPS) is 10.7. The van der Waals surface area contributed by atoms with Crippen molar-refractivity contribution in [3.05, 3.63) is 251 Å². The van der Waals surface area contributed by atoms with Crippen LogP contribution in [0.3, 0.4) is 0 Å². The van der Waals surface area contributed by atoms with E-state index in [0.29, 0.717) is 22.3 Å². The minimum Gasteiger partial charge on any atom is -0.328 e. The number of pyridine rings is 6. The number of aromatic nitrogens is 6. The lowest BCUT2D eigenvalue weighted by Crippen LogP contribution is -2.53. The number of hydrazine groups is 4. The first-order chi connectivity index (χ1) is 43.8. The van der Waals surface area contributed by atoms with Gasteiger partial charge in [-0.15, -0.1) is 0 Å². The van der Waals surface area contributed by atoms with Crippen molar-refractivity contribution in [3.8, 4) is 0 Å². The third kappa shape index (κ3) is 23.8. The van der Waals surface area contributed by atoms with E-state index in [9.17, 15) is 38.4 Å². The fourth-order valence-corrected chi connectivity index (χ4v) is 8.14. The zero-order valence-electron chi connectivity index (χ0n) is 52.8. The SMILES string of the molecule is CC(C)(NC(=O)NNC(=O)c1ccncc1)c1cccc(C(C)(C)NC(=O)NNC(=O)c2ccncc2)c1.CC(C)(NC(=O)NNC(=O)c1ccncc1)c1cccc(C(C)(C)NC(=O)NNC(=O)c2ccncc2)c1.CCc1ccncc1.CCc1ccncc1. The highest BCUT2D eigenvalue weighted by molar-refractivity contribution is 5.97. The Morgan fingerprint density at radius 2 is 0.467 bits per heavy atom. The van der Waals surface area contributed by atoms with Crippen LogP contribution in [0.4, 0.5) is 19.2 Å². The van der Waals surface area contributed by atoms with Gasteiger partial charge in [0.2, 0.25) is 0 Å². The van der Waals surface area contributed by atoms with Crippen molar-refractivity contribution in [2.45, 2.75) is 104 Å². The predicted octanol–water partition coefficient (Wildman–Crippen LogP) is 7.76. The number of hydrogen-bond donors (Lipinski definition) is 12. The fraction of sp³-hybridized carbons (Fsp3) is 0.242. The molecule has 0 fully saturated rings. The van der Waals surface area contributed by atoms with E-state index >= 15 is 0 Å². The molecule has 0 unspecified atom stereocenters. The van der Waals surface area contributed by atoms with Crippen LogP contribution >= 0.6 is 0 Å². The number of nitrogens with one attached hydrogen (secondary N) is 12.